The summed E-state index contributed by atoms with van der Waals surface area (Å²) in [6, 6.07) is 13.8. The topological polar surface area (TPSA) is 86.3 Å². The molecule has 6 heteroatoms. The maximum absolute atomic E-state index is 13.1. The zero-order chi connectivity index (χ0) is 23.6. The third kappa shape index (κ3) is 6.39. The van der Waals surface area contributed by atoms with E-state index in [9.17, 15) is 9.59 Å². The van der Waals surface area contributed by atoms with Gasteiger partial charge in [0.1, 0.15) is 0 Å². The molecule has 1 aromatic heterocycles. The highest BCUT2D eigenvalue weighted by Crippen LogP contribution is 2.23. The van der Waals surface area contributed by atoms with Crippen molar-refractivity contribution in [3.8, 4) is 11.1 Å². The molecule has 0 saturated heterocycles. The molecule has 0 aliphatic heterocycles. The molecule has 0 spiro atoms. The number of allylic oxidation sites excluding steroid dienone is 1. The number of imidazole rings is 1. The highest BCUT2D eigenvalue weighted by molar-refractivity contribution is 5.96. The predicted molar refractivity (Wildman–Crippen MR) is 134 cm³/mol. The highest BCUT2D eigenvalue weighted by Gasteiger charge is 2.15. The molecule has 0 bridgehead atoms. The van der Waals surface area contributed by atoms with Gasteiger partial charge in [-0.05, 0) is 66.6 Å². The second kappa shape index (κ2) is 12.1. The maximum atomic E-state index is 13.1. The monoisotopic (exact) mass is 449 g/mol. The third-order valence-electron chi connectivity index (χ3n) is 5.76. The summed E-state index contributed by atoms with van der Waals surface area (Å²) >= 11 is 0. The molecular formula is C27H35N3O3. The largest absolute Gasteiger partial charge is 0.396 e. The van der Waals surface area contributed by atoms with E-state index in [2.05, 4.69) is 23.0 Å². The van der Waals surface area contributed by atoms with Gasteiger partial charge in [-0.2, -0.15) is 0 Å². The summed E-state index contributed by atoms with van der Waals surface area (Å²) in [5.41, 5.74) is 5.47. The zero-order valence-electron chi connectivity index (χ0n) is 19.5. The lowest BCUT2D eigenvalue weighted by Crippen LogP contribution is -2.32. The molecule has 3 aromatic rings. The molecule has 2 N–H and O–H groups in total. The Morgan fingerprint density at radius 3 is 2.55 bits per heavy atom. The normalized spacial score (nSPS) is 11.7. The van der Waals surface area contributed by atoms with E-state index in [4.69, 9.17) is 5.11 Å². The summed E-state index contributed by atoms with van der Waals surface area (Å²) in [6.07, 6.45) is 6.66. The molecule has 0 saturated carbocycles. The molecule has 33 heavy (non-hydrogen) atoms. The molecule has 1 heterocycles. The van der Waals surface area contributed by atoms with Gasteiger partial charge in [0.2, 0.25) is 0 Å². The Morgan fingerprint density at radius 2 is 1.85 bits per heavy atom. The molecule has 0 fully saturated rings. The average Bonchev–Trinajstić information content (AvgIpc) is 3.32. The van der Waals surface area contributed by atoms with Crippen molar-refractivity contribution < 1.29 is 16.1 Å². The van der Waals surface area contributed by atoms with Crippen LogP contribution < -0.4 is 0 Å². The van der Waals surface area contributed by atoms with E-state index in [-0.39, 0.29) is 19.7 Å². The second-order valence-corrected chi connectivity index (χ2v) is 8.13. The summed E-state index contributed by atoms with van der Waals surface area (Å²) in [4.78, 5) is 34.6. The number of rotatable bonds is 12. The number of aromatic amines is 1. The molecule has 0 aliphatic rings. The first-order chi connectivity index (χ1) is 16.1. The number of carbonyl (C=O) groups excluding carboxylic acids is 2. The fraction of sp³-hybridized carbons (Fsp3) is 0.370. The Labute approximate surface area is 196 Å². The number of hydrogen-bond donors (Lipinski definition) is 2. The number of nitrogens with one attached hydrogen (secondary N) is 1. The highest BCUT2D eigenvalue weighted by atomic mass is 16.3. The third-order valence-corrected chi connectivity index (χ3v) is 5.76. The number of H-pyrrole nitrogens is 1. The Balaban J connectivity index is 0.00000408. The molecule has 0 aliphatic carbocycles. The minimum Gasteiger partial charge on any atom is -0.396 e. The Hall–Kier alpha value is -3.25. The van der Waals surface area contributed by atoms with Crippen LogP contribution in [0, 0.1) is 0 Å². The van der Waals surface area contributed by atoms with E-state index in [1.54, 1.807) is 6.33 Å². The first-order valence-corrected chi connectivity index (χ1v) is 11.7. The Morgan fingerprint density at radius 1 is 1.09 bits per heavy atom. The molecule has 0 atom stereocenters. The number of hydrogen-bond acceptors (Lipinski definition) is 4. The van der Waals surface area contributed by atoms with Crippen LogP contribution in [0.5, 0.6) is 0 Å². The Kier molecular flexibility index (Phi) is 8.95. The molecule has 2 aromatic carbocycles. The van der Waals surface area contributed by atoms with E-state index in [0.717, 1.165) is 34.2 Å². The smallest absolute Gasteiger partial charge is 0.253 e. The van der Waals surface area contributed by atoms with Crippen molar-refractivity contribution >= 4 is 22.7 Å². The molecular weight excluding hydrogens is 414 g/mol. The van der Waals surface area contributed by atoms with Crippen LogP contribution in [-0.2, 0) is 4.79 Å². The lowest BCUT2D eigenvalue weighted by molar-refractivity contribution is -0.115. The predicted octanol–water partition coefficient (Wildman–Crippen LogP) is 5.40. The van der Waals surface area contributed by atoms with Gasteiger partial charge in [-0.25, -0.2) is 4.98 Å². The van der Waals surface area contributed by atoms with Crippen molar-refractivity contribution in [2.24, 2.45) is 0 Å². The van der Waals surface area contributed by atoms with Crippen LogP contribution in [-0.4, -0.2) is 51.4 Å². The SMILES string of the molecule is CCCN(CC/C=C(/CC)C(=O)CCCO)C(=O)c1ccc(-c2ccc3nc[nH]c3c2)cc1.[HH]. The first kappa shape index (κ1) is 24.4. The molecule has 6 nitrogen and oxygen atoms in total. The van der Waals surface area contributed by atoms with Crippen LogP contribution in [0.1, 0.15) is 57.7 Å². The van der Waals surface area contributed by atoms with Gasteiger partial charge in [0.15, 0.2) is 5.78 Å². The molecule has 0 unspecified atom stereocenters. The van der Waals surface area contributed by atoms with Gasteiger partial charge in [0, 0.05) is 33.1 Å². The van der Waals surface area contributed by atoms with E-state index >= 15 is 0 Å². The fourth-order valence-corrected chi connectivity index (χ4v) is 3.94. The summed E-state index contributed by atoms with van der Waals surface area (Å²) in [7, 11) is 0. The van der Waals surface area contributed by atoms with Crippen molar-refractivity contribution in [2.75, 3.05) is 19.7 Å². The van der Waals surface area contributed by atoms with Gasteiger partial charge in [-0.15, -0.1) is 0 Å². The van der Waals surface area contributed by atoms with Crippen LogP contribution in [0.4, 0.5) is 0 Å². The molecule has 0 radical (unpaired) electrons. The standard InChI is InChI=1S/C27H33N3O3.H2/c1-3-15-30(16-5-7-20(4-2)26(32)8-6-17-31)27(33)22-11-9-21(10-12-22)23-13-14-24-25(18-23)29-19-28-24;/h7,9-14,18-19,31H,3-6,8,15-17H2,1-2H3,(H,28,29);1H/b20-7-;. The number of aliphatic hydroxyl groups excluding tert-OH is 1. The number of aliphatic hydroxyl groups is 1. The van der Waals surface area contributed by atoms with Crippen molar-refractivity contribution in [1.29, 1.82) is 0 Å². The van der Waals surface area contributed by atoms with E-state index < -0.39 is 0 Å². The Bertz CT molecular complexity index is 1110. The van der Waals surface area contributed by atoms with E-state index in [0.29, 0.717) is 44.3 Å². The summed E-state index contributed by atoms with van der Waals surface area (Å²) < 4.78 is 0. The summed E-state index contributed by atoms with van der Waals surface area (Å²) in [5.74, 6) is 0.0919. The van der Waals surface area contributed by atoms with Crippen LogP contribution in [0.2, 0.25) is 0 Å². The average molecular weight is 450 g/mol. The van der Waals surface area contributed by atoms with Gasteiger partial charge < -0.3 is 15.0 Å². The van der Waals surface area contributed by atoms with E-state index in [1.807, 2.05) is 54.3 Å². The van der Waals surface area contributed by atoms with Gasteiger partial charge in [0.05, 0.1) is 17.4 Å². The number of fused-ring (bicyclic) bond motifs is 1. The van der Waals surface area contributed by atoms with Crippen molar-refractivity contribution in [3.63, 3.8) is 0 Å². The summed E-state index contributed by atoms with van der Waals surface area (Å²) in [5, 5.41) is 8.94. The first-order valence-electron chi connectivity index (χ1n) is 11.7. The summed E-state index contributed by atoms with van der Waals surface area (Å²) in [6.45, 7) is 5.29. The number of benzene rings is 2. The van der Waals surface area contributed by atoms with E-state index in [1.165, 1.54) is 0 Å². The number of carbonyl (C=O) groups is 2. The quantitative estimate of drug-likeness (QED) is 0.363. The lowest BCUT2D eigenvalue weighted by atomic mass is 10.0. The number of amides is 1. The van der Waals surface area contributed by atoms with Gasteiger partial charge in [0.25, 0.3) is 5.91 Å². The minimum atomic E-state index is 0. The van der Waals surface area contributed by atoms with Crippen LogP contribution in [0.15, 0.2) is 60.4 Å². The van der Waals surface area contributed by atoms with Crippen LogP contribution in [0.3, 0.4) is 0 Å². The van der Waals surface area contributed by atoms with Gasteiger partial charge >= 0.3 is 0 Å². The zero-order valence-corrected chi connectivity index (χ0v) is 19.5. The van der Waals surface area contributed by atoms with Gasteiger partial charge in [-0.1, -0.05) is 38.1 Å². The number of aromatic nitrogens is 2. The minimum absolute atomic E-state index is 0. The van der Waals surface area contributed by atoms with Crippen molar-refractivity contribution in [3.05, 3.63) is 66.0 Å². The van der Waals surface area contributed by atoms with Crippen molar-refractivity contribution in [1.82, 2.24) is 14.9 Å². The second-order valence-electron chi connectivity index (χ2n) is 8.13. The van der Waals surface area contributed by atoms with Crippen LogP contribution in [0.25, 0.3) is 22.2 Å². The van der Waals surface area contributed by atoms with Crippen molar-refractivity contribution in [2.45, 2.75) is 46.0 Å². The molecule has 3 rings (SSSR count). The number of ketones is 1. The molecule has 176 valence electrons. The molecule has 1 amide bonds. The number of Topliss-reactive ketones (excluding diaryl/α,β-unsaturated/α-hetero) is 1. The van der Waals surface area contributed by atoms with Gasteiger partial charge in [-0.3, -0.25) is 9.59 Å². The number of nitrogens with zero attached hydrogens (tertiary/aromatic N) is 2. The maximum Gasteiger partial charge on any atom is 0.253 e. The van der Waals surface area contributed by atoms with Crippen LogP contribution >= 0.6 is 0 Å². The fourth-order valence-electron chi connectivity index (χ4n) is 3.94. The lowest BCUT2D eigenvalue weighted by Gasteiger charge is -2.22.